The Hall–Kier alpha value is -1.39. The summed E-state index contributed by atoms with van der Waals surface area (Å²) in [5.41, 5.74) is -1.63. The van der Waals surface area contributed by atoms with Gasteiger partial charge in [-0.15, -0.1) is 0 Å². The molecule has 82 valence electrons. The molecule has 0 saturated heterocycles. The molecular weight excluding hydrogens is 212 g/mol. The first-order chi connectivity index (χ1) is 6.91. The van der Waals surface area contributed by atoms with Crippen LogP contribution in [0.15, 0.2) is 12.1 Å². The summed E-state index contributed by atoms with van der Waals surface area (Å²) in [6, 6.07) is 1.77. The fourth-order valence-corrected chi connectivity index (χ4v) is 1.29. The summed E-state index contributed by atoms with van der Waals surface area (Å²) in [6.07, 6.45) is -4.35. The third-order valence-electron chi connectivity index (χ3n) is 2.07. The Balaban J connectivity index is 3.42. The van der Waals surface area contributed by atoms with Gasteiger partial charge in [0.2, 0.25) is 0 Å². The number of carbonyl (C=O) groups is 1. The molecule has 0 amide bonds. The van der Waals surface area contributed by atoms with Gasteiger partial charge in [-0.2, -0.15) is 13.2 Å². The van der Waals surface area contributed by atoms with Crippen LogP contribution in [0.4, 0.5) is 17.6 Å². The summed E-state index contributed by atoms with van der Waals surface area (Å²) < 4.78 is 50.0. The molecule has 0 aliphatic heterocycles. The number of halogens is 4. The highest BCUT2D eigenvalue weighted by Crippen LogP contribution is 2.33. The van der Waals surface area contributed by atoms with Crippen molar-refractivity contribution in [2.24, 2.45) is 0 Å². The molecule has 0 unspecified atom stereocenters. The molecule has 15 heavy (non-hydrogen) atoms. The summed E-state index contributed by atoms with van der Waals surface area (Å²) in [5, 5.41) is 0. The van der Waals surface area contributed by atoms with E-state index in [-0.39, 0.29) is 11.8 Å². The van der Waals surface area contributed by atoms with E-state index in [1.165, 1.54) is 0 Å². The van der Waals surface area contributed by atoms with Gasteiger partial charge in [0.15, 0.2) is 6.29 Å². The van der Waals surface area contributed by atoms with Crippen molar-refractivity contribution in [2.45, 2.75) is 19.5 Å². The zero-order valence-electron chi connectivity index (χ0n) is 7.86. The standard InChI is InChI=1S/C10H8F4O/c1-2-6-3-4-8(10(12,13)14)9(11)7(6)5-15/h3-5H,2H2,1H3. The van der Waals surface area contributed by atoms with Gasteiger partial charge in [-0.05, 0) is 18.1 Å². The van der Waals surface area contributed by atoms with Gasteiger partial charge in [0.25, 0.3) is 0 Å². The predicted octanol–water partition coefficient (Wildman–Crippen LogP) is 3.22. The molecular formula is C10H8F4O. The number of aryl methyl sites for hydroxylation is 1. The lowest BCUT2D eigenvalue weighted by atomic mass is 10.0. The molecule has 0 radical (unpaired) electrons. The van der Waals surface area contributed by atoms with E-state index in [0.29, 0.717) is 12.5 Å². The van der Waals surface area contributed by atoms with Gasteiger partial charge in [-0.25, -0.2) is 4.39 Å². The number of hydrogen-bond acceptors (Lipinski definition) is 1. The van der Waals surface area contributed by atoms with Gasteiger partial charge in [0, 0.05) is 0 Å². The minimum Gasteiger partial charge on any atom is -0.298 e. The molecule has 0 fully saturated rings. The highest BCUT2D eigenvalue weighted by Gasteiger charge is 2.35. The molecule has 0 heterocycles. The van der Waals surface area contributed by atoms with Crippen molar-refractivity contribution in [1.82, 2.24) is 0 Å². The number of alkyl halides is 3. The minimum atomic E-state index is -4.77. The lowest BCUT2D eigenvalue weighted by molar-refractivity contribution is -0.140. The van der Waals surface area contributed by atoms with E-state index in [4.69, 9.17) is 0 Å². The zero-order valence-corrected chi connectivity index (χ0v) is 7.86. The molecule has 0 aromatic heterocycles. The average Bonchev–Trinajstić information content (AvgIpc) is 2.15. The van der Waals surface area contributed by atoms with Crippen LogP contribution in [0.25, 0.3) is 0 Å². The fourth-order valence-electron chi connectivity index (χ4n) is 1.29. The monoisotopic (exact) mass is 220 g/mol. The third kappa shape index (κ3) is 2.16. The molecule has 1 aromatic rings. The van der Waals surface area contributed by atoms with Crippen molar-refractivity contribution in [3.05, 3.63) is 34.6 Å². The van der Waals surface area contributed by atoms with E-state index < -0.39 is 23.1 Å². The van der Waals surface area contributed by atoms with E-state index in [1.807, 2.05) is 0 Å². The van der Waals surface area contributed by atoms with Gasteiger partial charge in [-0.3, -0.25) is 4.79 Å². The Morgan fingerprint density at radius 1 is 1.33 bits per heavy atom. The number of hydrogen-bond donors (Lipinski definition) is 0. The smallest absolute Gasteiger partial charge is 0.298 e. The van der Waals surface area contributed by atoms with Crippen LogP contribution in [0.2, 0.25) is 0 Å². The SMILES string of the molecule is CCc1ccc(C(F)(F)F)c(F)c1C=O. The van der Waals surface area contributed by atoms with E-state index in [0.717, 1.165) is 6.07 Å². The summed E-state index contributed by atoms with van der Waals surface area (Å²) in [6.45, 7) is 1.63. The van der Waals surface area contributed by atoms with Crippen LogP contribution in [-0.4, -0.2) is 6.29 Å². The maximum Gasteiger partial charge on any atom is 0.419 e. The lowest BCUT2D eigenvalue weighted by Crippen LogP contribution is -2.11. The largest absolute Gasteiger partial charge is 0.419 e. The second-order valence-corrected chi connectivity index (χ2v) is 2.97. The first-order valence-corrected chi connectivity index (χ1v) is 4.25. The van der Waals surface area contributed by atoms with Crippen LogP contribution in [0.1, 0.15) is 28.4 Å². The zero-order chi connectivity index (χ0) is 11.6. The molecule has 0 N–H and O–H groups in total. The topological polar surface area (TPSA) is 17.1 Å². The fraction of sp³-hybridized carbons (Fsp3) is 0.300. The normalized spacial score (nSPS) is 11.5. The predicted molar refractivity (Wildman–Crippen MR) is 46.2 cm³/mol. The summed E-state index contributed by atoms with van der Waals surface area (Å²) in [4.78, 5) is 10.5. The minimum absolute atomic E-state index is 0.114. The van der Waals surface area contributed by atoms with Crippen molar-refractivity contribution >= 4 is 6.29 Å². The van der Waals surface area contributed by atoms with Crippen LogP contribution in [-0.2, 0) is 12.6 Å². The van der Waals surface area contributed by atoms with Crippen molar-refractivity contribution < 1.29 is 22.4 Å². The Morgan fingerprint density at radius 3 is 2.33 bits per heavy atom. The summed E-state index contributed by atoms with van der Waals surface area (Å²) in [5.74, 6) is -1.49. The molecule has 1 aromatic carbocycles. The first kappa shape index (κ1) is 11.7. The van der Waals surface area contributed by atoms with E-state index in [1.54, 1.807) is 6.92 Å². The van der Waals surface area contributed by atoms with E-state index in [9.17, 15) is 22.4 Å². The van der Waals surface area contributed by atoms with Crippen LogP contribution >= 0.6 is 0 Å². The molecule has 0 aliphatic carbocycles. The van der Waals surface area contributed by atoms with Crippen LogP contribution in [0, 0.1) is 5.82 Å². The van der Waals surface area contributed by atoms with Crippen molar-refractivity contribution in [2.75, 3.05) is 0 Å². The van der Waals surface area contributed by atoms with E-state index in [2.05, 4.69) is 0 Å². The van der Waals surface area contributed by atoms with Gasteiger partial charge in [-0.1, -0.05) is 13.0 Å². The quantitative estimate of drug-likeness (QED) is 0.552. The second kappa shape index (κ2) is 4.00. The Kier molecular flexibility index (Phi) is 3.12. The van der Waals surface area contributed by atoms with Crippen molar-refractivity contribution in [3.8, 4) is 0 Å². The lowest BCUT2D eigenvalue weighted by Gasteiger charge is -2.11. The van der Waals surface area contributed by atoms with Gasteiger partial charge >= 0.3 is 6.18 Å². The number of aldehydes is 1. The summed E-state index contributed by atoms with van der Waals surface area (Å²) >= 11 is 0. The number of benzene rings is 1. The van der Waals surface area contributed by atoms with Gasteiger partial charge in [0.1, 0.15) is 5.82 Å². The maximum atomic E-state index is 13.3. The first-order valence-electron chi connectivity index (χ1n) is 4.25. The summed E-state index contributed by atoms with van der Waals surface area (Å²) in [7, 11) is 0. The molecule has 5 heteroatoms. The van der Waals surface area contributed by atoms with Crippen LogP contribution in [0.5, 0.6) is 0 Å². The molecule has 0 aliphatic rings. The average molecular weight is 220 g/mol. The van der Waals surface area contributed by atoms with Crippen molar-refractivity contribution in [3.63, 3.8) is 0 Å². The van der Waals surface area contributed by atoms with Crippen LogP contribution in [0.3, 0.4) is 0 Å². The number of rotatable bonds is 2. The van der Waals surface area contributed by atoms with E-state index >= 15 is 0 Å². The molecule has 1 nitrogen and oxygen atoms in total. The Labute approximate surface area is 83.7 Å². The molecule has 0 atom stereocenters. The Bertz CT molecular complexity index is 382. The number of carbonyl (C=O) groups excluding carboxylic acids is 1. The highest BCUT2D eigenvalue weighted by molar-refractivity contribution is 5.78. The van der Waals surface area contributed by atoms with Crippen molar-refractivity contribution in [1.29, 1.82) is 0 Å². The van der Waals surface area contributed by atoms with Gasteiger partial charge < -0.3 is 0 Å². The highest BCUT2D eigenvalue weighted by atomic mass is 19.4. The van der Waals surface area contributed by atoms with Gasteiger partial charge in [0.05, 0.1) is 11.1 Å². The molecule has 0 saturated carbocycles. The maximum absolute atomic E-state index is 13.3. The van der Waals surface area contributed by atoms with Crippen LogP contribution < -0.4 is 0 Å². The molecule has 1 rings (SSSR count). The Morgan fingerprint density at radius 2 is 1.93 bits per heavy atom. The molecule has 0 bridgehead atoms. The third-order valence-corrected chi connectivity index (χ3v) is 2.07. The second-order valence-electron chi connectivity index (χ2n) is 2.97. The molecule has 0 spiro atoms.